The van der Waals surface area contributed by atoms with E-state index >= 15 is 0 Å². The number of furan rings is 1. The predicted octanol–water partition coefficient (Wildman–Crippen LogP) is 3.94. The summed E-state index contributed by atoms with van der Waals surface area (Å²) in [5, 5.41) is 6.17. The maximum absolute atomic E-state index is 13.2. The summed E-state index contributed by atoms with van der Waals surface area (Å²) in [4.78, 5) is 21.9. The normalized spacial score (nSPS) is 17.2. The Morgan fingerprint density at radius 3 is 2.71 bits per heavy atom. The van der Waals surface area contributed by atoms with E-state index in [1.807, 2.05) is 36.4 Å². The molecule has 1 atom stereocenters. The van der Waals surface area contributed by atoms with Crippen molar-refractivity contribution in [2.24, 2.45) is 5.10 Å². The summed E-state index contributed by atoms with van der Waals surface area (Å²) >= 11 is 0. The monoisotopic (exact) mass is 412 g/mol. The first-order chi connectivity index (χ1) is 15.3. The highest BCUT2D eigenvalue weighted by molar-refractivity contribution is 6.05. The van der Waals surface area contributed by atoms with Crippen LogP contribution in [-0.2, 0) is 0 Å². The SMILES string of the molecule is O=C(c1ccco1)N1N=C(c2ccc3c(c2)OCO3)CC1c1ccc2nccnc2c1. The predicted molar refractivity (Wildman–Crippen MR) is 111 cm³/mol. The number of ether oxygens (including phenoxy) is 2. The molecule has 2 aliphatic heterocycles. The van der Waals surface area contributed by atoms with Crippen molar-refractivity contribution in [3.05, 3.63) is 84.1 Å². The molecule has 8 heteroatoms. The summed E-state index contributed by atoms with van der Waals surface area (Å²) in [5.41, 5.74) is 4.14. The topological polar surface area (TPSA) is 90.1 Å². The maximum Gasteiger partial charge on any atom is 0.310 e. The van der Waals surface area contributed by atoms with Crippen LogP contribution in [0.15, 0.2) is 76.7 Å². The van der Waals surface area contributed by atoms with Crippen LogP contribution in [0, 0.1) is 0 Å². The van der Waals surface area contributed by atoms with E-state index in [0.717, 1.165) is 27.9 Å². The third kappa shape index (κ3) is 3.00. The average molecular weight is 412 g/mol. The van der Waals surface area contributed by atoms with Crippen LogP contribution in [0.25, 0.3) is 11.0 Å². The second-order valence-electron chi connectivity index (χ2n) is 7.27. The lowest BCUT2D eigenvalue weighted by Crippen LogP contribution is -2.26. The molecule has 152 valence electrons. The van der Waals surface area contributed by atoms with Crippen LogP contribution in [0.2, 0.25) is 0 Å². The number of aromatic nitrogens is 2. The summed E-state index contributed by atoms with van der Waals surface area (Å²) in [6.07, 6.45) is 5.33. The molecule has 1 unspecified atom stereocenters. The van der Waals surface area contributed by atoms with Gasteiger partial charge in [-0.15, -0.1) is 0 Å². The van der Waals surface area contributed by atoms with Crippen molar-refractivity contribution < 1.29 is 18.7 Å². The molecule has 2 aromatic heterocycles. The zero-order valence-corrected chi connectivity index (χ0v) is 16.3. The molecule has 0 bridgehead atoms. The van der Waals surface area contributed by atoms with E-state index in [9.17, 15) is 4.79 Å². The zero-order valence-electron chi connectivity index (χ0n) is 16.3. The lowest BCUT2D eigenvalue weighted by Gasteiger charge is -2.21. The van der Waals surface area contributed by atoms with Gasteiger partial charge < -0.3 is 13.9 Å². The zero-order chi connectivity index (χ0) is 20.8. The Kier molecular flexibility index (Phi) is 3.95. The number of fused-ring (bicyclic) bond motifs is 2. The van der Waals surface area contributed by atoms with E-state index in [0.29, 0.717) is 17.9 Å². The van der Waals surface area contributed by atoms with Gasteiger partial charge in [0.25, 0.3) is 0 Å². The number of amides is 1. The summed E-state index contributed by atoms with van der Waals surface area (Å²) < 4.78 is 16.3. The Balaban J connectivity index is 1.41. The van der Waals surface area contributed by atoms with Crippen molar-refractivity contribution in [2.75, 3.05) is 6.79 Å². The molecule has 31 heavy (non-hydrogen) atoms. The van der Waals surface area contributed by atoms with Crippen LogP contribution < -0.4 is 9.47 Å². The van der Waals surface area contributed by atoms with Gasteiger partial charge in [-0.3, -0.25) is 14.8 Å². The number of hydrogen-bond acceptors (Lipinski definition) is 7. The van der Waals surface area contributed by atoms with Gasteiger partial charge in [0.1, 0.15) is 0 Å². The number of hydrazone groups is 1. The molecule has 4 heterocycles. The highest BCUT2D eigenvalue weighted by atomic mass is 16.7. The van der Waals surface area contributed by atoms with Gasteiger partial charge in [0.05, 0.1) is 29.1 Å². The quantitative estimate of drug-likeness (QED) is 0.506. The van der Waals surface area contributed by atoms with Crippen LogP contribution in [0.3, 0.4) is 0 Å². The van der Waals surface area contributed by atoms with Crippen molar-refractivity contribution in [3.8, 4) is 11.5 Å². The first-order valence-electron chi connectivity index (χ1n) is 9.81. The van der Waals surface area contributed by atoms with E-state index < -0.39 is 0 Å². The Bertz CT molecular complexity index is 1330. The Morgan fingerprint density at radius 2 is 1.84 bits per heavy atom. The summed E-state index contributed by atoms with van der Waals surface area (Å²) in [6, 6.07) is 14.5. The molecule has 0 saturated heterocycles. The highest BCUT2D eigenvalue weighted by Gasteiger charge is 2.35. The fourth-order valence-corrected chi connectivity index (χ4v) is 3.91. The molecule has 2 aromatic carbocycles. The smallest absolute Gasteiger partial charge is 0.310 e. The molecular formula is C23H16N4O4. The number of carbonyl (C=O) groups excluding carboxylic acids is 1. The molecular weight excluding hydrogens is 396 g/mol. The van der Waals surface area contributed by atoms with Gasteiger partial charge in [-0.25, -0.2) is 5.01 Å². The van der Waals surface area contributed by atoms with Gasteiger partial charge in [-0.1, -0.05) is 6.07 Å². The standard InChI is InChI=1S/C23H16N4O4/c28-23(21-2-1-9-29-21)27-19(15-3-5-16-18(10-15)25-8-7-24-16)12-17(26-27)14-4-6-20-22(11-14)31-13-30-20/h1-11,19H,12-13H2. The Morgan fingerprint density at radius 1 is 0.968 bits per heavy atom. The fraction of sp³-hybridized carbons (Fsp3) is 0.130. The van der Waals surface area contributed by atoms with Gasteiger partial charge in [0.2, 0.25) is 6.79 Å². The molecule has 8 nitrogen and oxygen atoms in total. The van der Waals surface area contributed by atoms with Crippen LogP contribution in [0.5, 0.6) is 11.5 Å². The van der Waals surface area contributed by atoms with Gasteiger partial charge in [0.15, 0.2) is 17.3 Å². The van der Waals surface area contributed by atoms with E-state index in [4.69, 9.17) is 13.9 Å². The molecule has 6 rings (SSSR count). The Labute approximate surface area is 176 Å². The summed E-state index contributed by atoms with van der Waals surface area (Å²) in [6.45, 7) is 0.203. The van der Waals surface area contributed by atoms with E-state index in [-0.39, 0.29) is 24.5 Å². The number of rotatable bonds is 3. The van der Waals surface area contributed by atoms with E-state index in [2.05, 4.69) is 15.1 Å². The van der Waals surface area contributed by atoms with Crippen LogP contribution >= 0.6 is 0 Å². The largest absolute Gasteiger partial charge is 0.459 e. The molecule has 0 radical (unpaired) electrons. The minimum absolute atomic E-state index is 0.203. The molecule has 4 aromatic rings. The van der Waals surface area contributed by atoms with Gasteiger partial charge in [-0.05, 0) is 48.0 Å². The highest BCUT2D eigenvalue weighted by Crippen LogP contribution is 2.38. The van der Waals surface area contributed by atoms with E-state index in [1.165, 1.54) is 11.3 Å². The molecule has 0 saturated carbocycles. The minimum atomic E-state index is -0.301. The third-order valence-electron chi connectivity index (χ3n) is 5.43. The molecule has 0 N–H and O–H groups in total. The maximum atomic E-state index is 13.2. The van der Waals surface area contributed by atoms with Crippen molar-refractivity contribution >= 4 is 22.7 Å². The first-order valence-corrected chi connectivity index (χ1v) is 9.81. The van der Waals surface area contributed by atoms with Gasteiger partial charge in [-0.2, -0.15) is 5.10 Å². The summed E-state index contributed by atoms with van der Waals surface area (Å²) in [7, 11) is 0. The van der Waals surface area contributed by atoms with Gasteiger partial charge >= 0.3 is 5.91 Å². The van der Waals surface area contributed by atoms with Crippen LogP contribution in [0.1, 0.15) is 34.1 Å². The van der Waals surface area contributed by atoms with E-state index in [1.54, 1.807) is 24.5 Å². The molecule has 1 amide bonds. The number of benzene rings is 2. The van der Waals surface area contributed by atoms with Crippen molar-refractivity contribution in [2.45, 2.75) is 12.5 Å². The van der Waals surface area contributed by atoms with Gasteiger partial charge in [0, 0.05) is 24.4 Å². The third-order valence-corrected chi connectivity index (χ3v) is 5.43. The average Bonchev–Trinajstić information content (AvgIpc) is 3.58. The van der Waals surface area contributed by atoms with Crippen molar-refractivity contribution in [3.63, 3.8) is 0 Å². The van der Waals surface area contributed by atoms with Crippen molar-refractivity contribution in [1.82, 2.24) is 15.0 Å². The lowest BCUT2D eigenvalue weighted by molar-refractivity contribution is 0.0678. The minimum Gasteiger partial charge on any atom is -0.459 e. The summed E-state index contributed by atoms with van der Waals surface area (Å²) in [5.74, 6) is 1.32. The van der Waals surface area contributed by atoms with Crippen LogP contribution in [0.4, 0.5) is 0 Å². The number of carbonyl (C=O) groups is 1. The molecule has 0 aliphatic carbocycles. The molecule has 2 aliphatic rings. The molecule has 0 spiro atoms. The molecule has 0 fully saturated rings. The Hall–Kier alpha value is -4.20. The number of nitrogens with zero attached hydrogens (tertiary/aromatic N) is 4. The second-order valence-corrected chi connectivity index (χ2v) is 7.27. The first kappa shape index (κ1) is 17.6. The fourth-order valence-electron chi connectivity index (χ4n) is 3.91. The number of hydrogen-bond donors (Lipinski definition) is 0. The second kappa shape index (κ2) is 6.94. The lowest BCUT2D eigenvalue weighted by atomic mass is 9.97. The van der Waals surface area contributed by atoms with Crippen molar-refractivity contribution in [1.29, 1.82) is 0 Å². The van der Waals surface area contributed by atoms with Crippen LogP contribution in [-0.4, -0.2) is 33.4 Å².